The SMILES string of the molecule is COc1ccc(-c2cc(CNC(=O)N3CCCC(c4ncc[nH]4)C3)no2)cc1. The molecule has 8 nitrogen and oxygen atoms in total. The molecule has 1 aromatic carbocycles. The first-order valence-corrected chi connectivity index (χ1v) is 9.35. The predicted molar refractivity (Wildman–Crippen MR) is 103 cm³/mol. The van der Waals surface area contributed by atoms with Gasteiger partial charge in [0.2, 0.25) is 0 Å². The Morgan fingerprint density at radius 3 is 3.00 bits per heavy atom. The molecule has 1 saturated heterocycles. The van der Waals surface area contributed by atoms with E-state index in [2.05, 4.69) is 20.4 Å². The van der Waals surface area contributed by atoms with Crippen LogP contribution < -0.4 is 10.1 Å². The highest BCUT2D eigenvalue weighted by Crippen LogP contribution is 2.25. The Kier molecular flexibility index (Phi) is 5.27. The third-order valence-electron chi connectivity index (χ3n) is 4.97. The first-order valence-electron chi connectivity index (χ1n) is 9.35. The summed E-state index contributed by atoms with van der Waals surface area (Å²) < 4.78 is 10.6. The van der Waals surface area contributed by atoms with Gasteiger partial charge in [0.25, 0.3) is 0 Å². The van der Waals surface area contributed by atoms with E-state index in [-0.39, 0.29) is 11.9 Å². The molecule has 3 aromatic rings. The summed E-state index contributed by atoms with van der Waals surface area (Å²) in [6.07, 6.45) is 5.56. The van der Waals surface area contributed by atoms with Crippen LogP contribution in [0, 0.1) is 0 Å². The smallest absolute Gasteiger partial charge is 0.317 e. The average molecular weight is 381 g/mol. The van der Waals surface area contributed by atoms with Crippen molar-refractivity contribution in [1.29, 1.82) is 0 Å². The molecule has 0 spiro atoms. The normalized spacial score (nSPS) is 16.8. The van der Waals surface area contributed by atoms with Crippen LogP contribution in [0.3, 0.4) is 0 Å². The number of aromatic nitrogens is 3. The molecule has 1 atom stereocenters. The summed E-state index contributed by atoms with van der Waals surface area (Å²) >= 11 is 0. The first kappa shape index (κ1) is 18.1. The molecule has 2 N–H and O–H groups in total. The highest BCUT2D eigenvalue weighted by molar-refractivity contribution is 5.74. The summed E-state index contributed by atoms with van der Waals surface area (Å²) in [5.74, 6) is 2.63. The molecule has 1 unspecified atom stereocenters. The van der Waals surface area contributed by atoms with Gasteiger partial charge in [-0.3, -0.25) is 0 Å². The molecule has 4 rings (SSSR count). The number of imidazole rings is 1. The van der Waals surface area contributed by atoms with Gasteiger partial charge in [-0.25, -0.2) is 9.78 Å². The Morgan fingerprint density at radius 2 is 2.25 bits per heavy atom. The van der Waals surface area contributed by atoms with Crippen molar-refractivity contribution < 1.29 is 14.1 Å². The molecule has 146 valence electrons. The van der Waals surface area contributed by atoms with Crippen LogP contribution in [-0.4, -0.2) is 46.3 Å². The van der Waals surface area contributed by atoms with Crippen LogP contribution in [0.2, 0.25) is 0 Å². The number of benzene rings is 1. The summed E-state index contributed by atoms with van der Waals surface area (Å²) in [5.41, 5.74) is 1.59. The summed E-state index contributed by atoms with van der Waals surface area (Å²) in [6, 6.07) is 9.29. The van der Waals surface area contributed by atoms with Crippen LogP contribution in [0.15, 0.2) is 47.2 Å². The van der Waals surface area contributed by atoms with E-state index in [1.165, 1.54) is 0 Å². The van der Waals surface area contributed by atoms with Gasteiger partial charge in [-0.15, -0.1) is 0 Å². The van der Waals surface area contributed by atoms with Gasteiger partial charge in [0.05, 0.1) is 13.7 Å². The molecule has 1 aliphatic heterocycles. The van der Waals surface area contributed by atoms with Crippen molar-refractivity contribution in [3.63, 3.8) is 0 Å². The van der Waals surface area contributed by atoms with Crippen LogP contribution in [0.25, 0.3) is 11.3 Å². The van der Waals surface area contributed by atoms with Gasteiger partial charge < -0.3 is 24.5 Å². The summed E-state index contributed by atoms with van der Waals surface area (Å²) in [5, 5.41) is 6.98. The Morgan fingerprint density at radius 1 is 1.39 bits per heavy atom. The standard InChI is InChI=1S/C20H23N5O3/c1-27-17-6-4-14(5-7-17)18-11-16(24-28-18)12-23-20(26)25-10-2-3-15(13-25)19-21-8-9-22-19/h4-9,11,15H,2-3,10,12-13H2,1H3,(H,21,22)(H,23,26). The number of hydrogen-bond acceptors (Lipinski definition) is 5. The second-order valence-electron chi connectivity index (χ2n) is 6.83. The lowest BCUT2D eigenvalue weighted by atomic mass is 9.98. The van der Waals surface area contributed by atoms with Gasteiger partial charge in [0.1, 0.15) is 17.3 Å². The summed E-state index contributed by atoms with van der Waals surface area (Å²) in [6.45, 7) is 1.73. The second kappa shape index (κ2) is 8.16. The van der Waals surface area contributed by atoms with E-state index >= 15 is 0 Å². The molecule has 0 bridgehead atoms. The van der Waals surface area contributed by atoms with E-state index in [1.54, 1.807) is 13.3 Å². The number of piperidine rings is 1. The number of hydrogen-bond donors (Lipinski definition) is 2. The lowest BCUT2D eigenvalue weighted by molar-refractivity contribution is 0.178. The van der Waals surface area contributed by atoms with Crippen molar-refractivity contribution in [3.05, 3.63) is 54.2 Å². The van der Waals surface area contributed by atoms with Crippen molar-refractivity contribution in [2.24, 2.45) is 0 Å². The highest BCUT2D eigenvalue weighted by atomic mass is 16.5. The zero-order valence-electron chi connectivity index (χ0n) is 15.7. The molecule has 1 fully saturated rings. The molecule has 8 heteroatoms. The fraction of sp³-hybridized carbons (Fsp3) is 0.350. The molecule has 3 heterocycles. The number of rotatable bonds is 5. The first-order chi connectivity index (χ1) is 13.7. The number of urea groups is 1. The quantitative estimate of drug-likeness (QED) is 0.708. The Hall–Kier alpha value is -3.29. The van der Waals surface area contributed by atoms with Gasteiger partial charge in [-0.05, 0) is 37.1 Å². The van der Waals surface area contributed by atoms with Gasteiger partial charge in [-0.2, -0.15) is 0 Å². The van der Waals surface area contributed by atoms with Gasteiger partial charge in [-0.1, -0.05) is 5.16 Å². The molecule has 0 saturated carbocycles. The third kappa shape index (κ3) is 4.00. The van der Waals surface area contributed by atoms with Gasteiger partial charge in [0.15, 0.2) is 5.76 Å². The minimum atomic E-state index is -0.0924. The van der Waals surface area contributed by atoms with Crippen molar-refractivity contribution in [1.82, 2.24) is 25.3 Å². The second-order valence-corrected chi connectivity index (χ2v) is 6.83. The van der Waals surface area contributed by atoms with Crippen LogP contribution in [0.1, 0.15) is 30.3 Å². The Bertz CT molecular complexity index is 904. The van der Waals surface area contributed by atoms with Gasteiger partial charge >= 0.3 is 6.03 Å². The van der Waals surface area contributed by atoms with Crippen molar-refractivity contribution in [2.45, 2.75) is 25.3 Å². The molecular formula is C20H23N5O3. The van der Waals surface area contributed by atoms with E-state index in [4.69, 9.17) is 9.26 Å². The topological polar surface area (TPSA) is 96.3 Å². The molecule has 0 radical (unpaired) electrons. The Balaban J connectivity index is 1.33. The monoisotopic (exact) mass is 381 g/mol. The number of likely N-dealkylation sites (tertiary alicyclic amines) is 1. The lowest BCUT2D eigenvalue weighted by Crippen LogP contribution is -2.44. The minimum Gasteiger partial charge on any atom is -0.497 e. The fourth-order valence-corrected chi connectivity index (χ4v) is 3.45. The zero-order valence-corrected chi connectivity index (χ0v) is 15.7. The minimum absolute atomic E-state index is 0.0924. The van der Waals surface area contributed by atoms with Crippen LogP contribution in [-0.2, 0) is 6.54 Å². The maximum absolute atomic E-state index is 12.5. The summed E-state index contributed by atoms with van der Waals surface area (Å²) in [4.78, 5) is 21.9. The highest BCUT2D eigenvalue weighted by Gasteiger charge is 2.26. The van der Waals surface area contributed by atoms with E-state index in [0.717, 1.165) is 36.5 Å². The Labute approximate surface area is 162 Å². The van der Waals surface area contributed by atoms with Crippen LogP contribution in [0.5, 0.6) is 5.75 Å². The van der Waals surface area contributed by atoms with Crippen molar-refractivity contribution in [2.75, 3.05) is 20.2 Å². The molecule has 1 aliphatic rings. The van der Waals surface area contributed by atoms with E-state index in [9.17, 15) is 4.79 Å². The number of nitrogens with one attached hydrogen (secondary N) is 2. The molecule has 2 aromatic heterocycles. The molecule has 28 heavy (non-hydrogen) atoms. The molecule has 0 aliphatic carbocycles. The van der Waals surface area contributed by atoms with E-state index in [1.807, 2.05) is 41.4 Å². The van der Waals surface area contributed by atoms with E-state index in [0.29, 0.717) is 24.5 Å². The number of aromatic amines is 1. The average Bonchev–Trinajstić information content (AvgIpc) is 3.44. The van der Waals surface area contributed by atoms with Crippen molar-refractivity contribution >= 4 is 6.03 Å². The number of carbonyl (C=O) groups is 1. The number of nitrogens with zero attached hydrogens (tertiary/aromatic N) is 3. The zero-order chi connectivity index (χ0) is 19.3. The number of ether oxygens (including phenoxy) is 1. The summed E-state index contributed by atoms with van der Waals surface area (Å²) in [7, 11) is 1.63. The van der Waals surface area contributed by atoms with Crippen LogP contribution >= 0.6 is 0 Å². The molecule has 2 amide bonds. The number of amides is 2. The van der Waals surface area contributed by atoms with E-state index < -0.39 is 0 Å². The largest absolute Gasteiger partial charge is 0.497 e. The lowest BCUT2D eigenvalue weighted by Gasteiger charge is -2.31. The number of methoxy groups -OCH3 is 1. The maximum atomic E-state index is 12.5. The predicted octanol–water partition coefficient (Wildman–Crippen LogP) is 3.16. The maximum Gasteiger partial charge on any atom is 0.317 e. The van der Waals surface area contributed by atoms with Gasteiger partial charge in [0, 0.05) is 43.0 Å². The third-order valence-corrected chi connectivity index (χ3v) is 4.97. The fourth-order valence-electron chi connectivity index (χ4n) is 3.45. The number of H-pyrrole nitrogens is 1. The van der Waals surface area contributed by atoms with Crippen LogP contribution in [0.4, 0.5) is 4.79 Å². The van der Waals surface area contributed by atoms with Crippen molar-refractivity contribution in [3.8, 4) is 17.1 Å². The number of carbonyl (C=O) groups excluding carboxylic acids is 1. The molecular weight excluding hydrogens is 358 g/mol.